The number of hydrogen-bond donors (Lipinski definition) is 0. The van der Waals surface area contributed by atoms with Gasteiger partial charge in [0.2, 0.25) is 0 Å². The molecule has 4 rings (SSSR count). The summed E-state index contributed by atoms with van der Waals surface area (Å²) in [6.07, 6.45) is 23.7. The Hall–Kier alpha value is -1.44. The molecule has 0 N–H and O–H groups in total. The van der Waals surface area contributed by atoms with Gasteiger partial charge in [0.25, 0.3) is 0 Å². The molecule has 3 aliphatic carbocycles. The van der Waals surface area contributed by atoms with Gasteiger partial charge in [-0.25, -0.2) is 8.78 Å². The lowest BCUT2D eigenvalue weighted by Crippen LogP contribution is -2.25. The van der Waals surface area contributed by atoms with Crippen LogP contribution in [0.4, 0.5) is 8.78 Å². The van der Waals surface area contributed by atoms with Gasteiger partial charge in [0, 0.05) is 0 Å². The summed E-state index contributed by atoms with van der Waals surface area (Å²) in [5.41, 5.74) is 1.16. The molecule has 3 aliphatic rings. The molecule has 0 nitrogen and oxygen atoms in total. The average Bonchev–Trinajstić information content (AvgIpc) is 2.87. The van der Waals surface area contributed by atoms with Crippen LogP contribution in [0.5, 0.6) is 0 Å². The van der Waals surface area contributed by atoms with Gasteiger partial charge in [0.1, 0.15) is 0 Å². The molecule has 0 atom stereocenters. The lowest BCUT2D eigenvalue weighted by molar-refractivity contribution is 0.170. The summed E-state index contributed by atoms with van der Waals surface area (Å²) in [5.74, 6) is 2.95. The highest BCUT2D eigenvalue weighted by atomic mass is 19.2. The van der Waals surface area contributed by atoms with Gasteiger partial charge in [-0.15, -0.1) is 6.58 Å². The molecule has 0 amide bonds. The molecule has 0 unspecified atom stereocenters. The Labute approximate surface area is 200 Å². The largest absolute Gasteiger partial charge is 0.203 e. The predicted molar refractivity (Wildman–Crippen MR) is 135 cm³/mol. The highest BCUT2D eigenvalue weighted by Gasteiger charge is 2.32. The molecule has 0 heterocycles. The van der Waals surface area contributed by atoms with Crippen LogP contribution in [0, 0.1) is 41.2 Å². The van der Waals surface area contributed by atoms with Crippen molar-refractivity contribution < 1.29 is 8.78 Å². The average molecular weight is 455 g/mol. The lowest BCUT2D eigenvalue weighted by Gasteiger charge is -2.37. The fourth-order valence-electron chi connectivity index (χ4n) is 6.98. The summed E-state index contributed by atoms with van der Waals surface area (Å²) >= 11 is 0. The van der Waals surface area contributed by atoms with E-state index in [0.717, 1.165) is 48.9 Å². The van der Waals surface area contributed by atoms with Crippen molar-refractivity contribution >= 4 is 0 Å². The number of benzene rings is 1. The van der Waals surface area contributed by atoms with Crippen LogP contribution in [0.25, 0.3) is 0 Å². The molecule has 0 spiro atoms. The summed E-state index contributed by atoms with van der Waals surface area (Å²) in [5, 5.41) is 0. The Bertz CT molecular complexity index is 785. The second kappa shape index (κ2) is 11.8. The van der Waals surface area contributed by atoms with E-state index in [-0.39, 0.29) is 5.92 Å². The first-order chi connectivity index (χ1) is 16.1. The van der Waals surface area contributed by atoms with Crippen molar-refractivity contribution in [1.29, 1.82) is 0 Å². The molecular formula is C31H44F2. The third-order valence-corrected chi connectivity index (χ3v) is 9.21. The third-order valence-electron chi connectivity index (χ3n) is 9.21. The van der Waals surface area contributed by atoms with Crippen LogP contribution < -0.4 is 0 Å². The predicted octanol–water partition coefficient (Wildman–Crippen LogP) is 9.55. The van der Waals surface area contributed by atoms with Crippen LogP contribution in [-0.4, -0.2) is 0 Å². The van der Waals surface area contributed by atoms with E-state index in [4.69, 9.17) is 0 Å². The molecule has 182 valence electrons. The minimum atomic E-state index is -0.600. The van der Waals surface area contributed by atoms with Gasteiger partial charge in [0.05, 0.1) is 0 Å². The number of allylic oxidation sites excluding steroid dienone is 3. The normalized spacial score (nSPS) is 33.3. The van der Waals surface area contributed by atoms with Gasteiger partial charge < -0.3 is 0 Å². The maximum atomic E-state index is 14.7. The zero-order valence-electron chi connectivity index (χ0n) is 20.7. The fourth-order valence-corrected chi connectivity index (χ4v) is 6.98. The van der Waals surface area contributed by atoms with Gasteiger partial charge in [0.15, 0.2) is 11.6 Å². The fraction of sp³-hybridized carbons (Fsp3) is 0.677. The maximum absolute atomic E-state index is 14.7. The molecule has 3 fully saturated rings. The van der Waals surface area contributed by atoms with Crippen molar-refractivity contribution in [2.75, 3.05) is 0 Å². The molecule has 33 heavy (non-hydrogen) atoms. The molecular weight excluding hydrogens is 410 g/mol. The summed E-state index contributed by atoms with van der Waals surface area (Å²) in [6.45, 7) is 5.97. The molecule has 0 aromatic heterocycles. The van der Waals surface area contributed by atoms with Crippen LogP contribution in [0.3, 0.4) is 0 Å². The van der Waals surface area contributed by atoms with E-state index in [0.29, 0.717) is 17.5 Å². The highest BCUT2D eigenvalue weighted by Crippen LogP contribution is 2.45. The van der Waals surface area contributed by atoms with E-state index in [9.17, 15) is 8.78 Å². The Morgan fingerprint density at radius 2 is 1.24 bits per heavy atom. The zero-order chi connectivity index (χ0) is 23.2. The van der Waals surface area contributed by atoms with Crippen LogP contribution >= 0.6 is 0 Å². The Morgan fingerprint density at radius 1 is 0.727 bits per heavy atom. The minimum absolute atomic E-state index is 0.196. The van der Waals surface area contributed by atoms with Gasteiger partial charge in [-0.2, -0.15) is 0 Å². The van der Waals surface area contributed by atoms with Crippen molar-refractivity contribution in [2.45, 2.75) is 103 Å². The molecule has 0 radical (unpaired) electrons. The third kappa shape index (κ3) is 6.17. The first-order valence-electron chi connectivity index (χ1n) is 13.9. The monoisotopic (exact) mass is 454 g/mol. The van der Waals surface area contributed by atoms with Gasteiger partial charge in [-0.3, -0.25) is 0 Å². The van der Waals surface area contributed by atoms with Crippen molar-refractivity contribution in [1.82, 2.24) is 0 Å². The molecule has 0 aliphatic heterocycles. The minimum Gasteiger partial charge on any atom is -0.203 e. The van der Waals surface area contributed by atoms with Gasteiger partial charge >= 0.3 is 0 Å². The standard InChI is InChI=1S/C31H44F2/c1-3-5-28-20-21-29(31(33)30(28)32)27-18-16-26(17-19-27)25-14-12-24(13-15-25)11-10-23-8-6-22(4-2)7-9-23/h4,10-11,20-27H,2-3,5-9,12-19H2,1H3/b11-10+. The van der Waals surface area contributed by atoms with E-state index in [2.05, 4.69) is 24.8 Å². The van der Waals surface area contributed by atoms with E-state index < -0.39 is 11.6 Å². The maximum Gasteiger partial charge on any atom is 0.162 e. The van der Waals surface area contributed by atoms with Crippen molar-refractivity contribution in [3.63, 3.8) is 0 Å². The summed E-state index contributed by atoms with van der Waals surface area (Å²) < 4.78 is 29.2. The van der Waals surface area contributed by atoms with Gasteiger partial charge in [-0.05, 0) is 130 Å². The van der Waals surface area contributed by atoms with E-state index in [1.165, 1.54) is 64.2 Å². The smallest absolute Gasteiger partial charge is 0.162 e. The second-order valence-electron chi connectivity index (χ2n) is 11.3. The van der Waals surface area contributed by atoms with Crippen molar-refractivity contribution in [3.8, 4) is 0 Å². The molecule has 3 saturated carbocycles. The van der Waals surface area contributed by atoms with Crippen LogP contribution in [0.2, 0.25) is 0 Å². The van der Waals surface area contributed by atoms with Crippen molar-refractivity contribution in [3.05, 3.63) is 59.7 Å². The number of aryl methyl sites for hydroxylation is 1. The van der Waals surface area contributed by atoms with Gasteiger partial charge in [-0.1, -0.05) is 43.7 Å². The Morgan fingerprint density at radius 3 is 1.79 bits per heavy atom. The van der Waals surface area contributed by atoms with Crippen LogP contribution in [0.15, 0.2) is 36.9 Å². The molecule has 1 aromatic rings. The second-order valence-corrected chi connectivity index (χ2v) is 11.3. The Balaban J connectivity index is 1.22. The number of hydrogen-bond acceptors (Lipinski definition) is 0. The Kier molecular flexibility index (Phi) is 8.83. The number of halogens is 2. The summed E-state index contributed by atoms with van der Waals surface area (Å²) in [4.78, 5) is 0. The topological polar surface area (TPSA) is 0 Å². The SMILES string of the molecule is C=CC1CCC(/C=C/C2CCC(C3CCC(c4ccc(CCC)c(F)c4F)CC3)CC2)CC1. The molecule has 1 aromatic carbocycles. The number of rotatable bonds is 7. The first-order valence-corrected chi connectivity index (χ1v) is 13.9. The summed E-state index contributed by atoms with van der Waals surface area (Å²) in [7, 11) is 0. The van der Waals surface area contributed by atoms with E-state index in [1.54, 1.807) is 0 Å². The first kappa shape index (κ1) is 24.7. The van der Waals surface area contributed by atoms with E-state index in [1.807, 2.05) is 19.1 Å². The zero-order valence-corrected chi connectivity index (χ0v) is 20.7. The van der Waals surface area contributed by atoms with Crippen LogP contribution in [0.1, 0.15) is 107 Å². The van der Waals surface area contributed by atoms with Crippen LogP contribution in [-0.2, 0) is 6.42 Å². The van der Waals surface area contributed by atoms with Crippen molar-refractivity contribution in [2.24, 2.45) is 29.6 Å². The quantitative estimate of drug-likeness (QED) is 0.360. The summed E-state index contributed by atoms with van der Waals surface area (Å²) in [6, 6.07) is 3.69. The molecule has 0 saturated heterocycles. The molecule has 2 heteroatoms. The molecule has 0 bridgehead atoms. The highest BCUT2D eigenvalue weighted by molar-refractivity contribution is 5.29. The van der Waals surface area contributed by atoms with E-state index >= 15 is 0 Å². The lowest BCUT2D eigenvalue weighted by atomic mass is 9.68.